The van der Waals surface area contributed by atoms with Crippen LogP contribution in [-0.4, -0.2) is 46.2 Å². The lowest BCUT2D eigenvalue weighted by Gasteiger charge is -2.20. The van der Waals surface area contributed by atoms with Crippen LogP contribution < -0.4 is 0 Å². The predicted octanol–water partition coefficient (Wildman–Crippen LogP) is 3.22. The topological polar surface area (TPSA) is 79.4 Å². The van der Waals surface area contributed by atoms with Crippen molar-refractivity contribution >= 4 is 5.78 Å². The van der Waals surface area contributed by atoms with Crippen LogP contribution in [0.1, 0.15) is 60.6 Å². The molecule has 3 fully saturated rings. The second-order valence-electron chi connectivity index (χ2n) is 8.46. The Labute approximate surface area is 164 Å². The average molecular weight is 385 g/mol. The normalized spacial score (nSPS) is 30.6. The smallest absolute Gasteiger partial charge is 0.166 e. The summed E-state index contributed by atoms with van der Waals surface area (Å²) >= 11 is 0. The maximum absolute atomic E-state index is 12.4. The molecule has 0 unspecified atom stereocenters. The van der Waals surface area contributed by atoms with Crippen LogP contribution in [0.15, 0.2) is 29.2 Å². The highest BCUT2D eigenvalue weighted by Gasteiger charge is 2.49. The third-order valence-corrected chi connectivity index (χ3v) is 6.54. The monoisotopic (exact) mass is 385 g/mol. The number of Topliss-reactive ketones (excluding diaryl/α,β-unsaturated/α-hetero) is 1. The van der Waals surface area contributed by atoms with Gasteiger partial charge in [-0.1, -0.05) is 37.3 Å². The number of furan rings is 1. The molecule has 0 bridgehead atoms. The molecule has 2 saturated heterocycles. The Balaban J connectivity index is 1.21. The van der Waals surface area contributed by atoms with Crippen molar-refractivity contribution in [1.29, 1.82) is 0 Å². The highest BCUT2D eigenvalue weighted by atomic mass is 16.6. The second kappa shape index (κ2) is 7.79. The van der Waals surface area contributed by atoms with E-state index in [0.717, 1.165) is 18.0 Å². The number of aromatic nitrogens is 3. The first-order valence-corrected chi connectivity index (χ1v) is 10.5. The molecule has 0 aromatic carbocycles. The number of ketones is 1. The molecule has 4 heterocycles. The lowest BCUT2D eigenvalue weighted by atomic mass is 9.86. The third-order valence-electron chi connectivity index (χ3n) is 6.54. The number of rotatable bonds is 6. The van der Waals surface area contributed by atoms with Crippen molar-refractivity contribution in [2.75, 3.05) is 13.2 Å². The molecular weight excluding hydrogens is 358 g/mol. The largest absolute Gasteiger partial charge is 0.472 e. The molecule has 4 atom stereocenters. The van der Waals surface area contributed by atoms with Crippen molar-refractivity contribution < 1.29 is 18.7 Å². The summed E-state index contributed by atoms with van der Waals surface area (Å²) in [4.78, 5) is 12.4. The zero-order valence-electron chi connectivity index (χ0n) is 16.0. The summed E-state index contributed by atoms with van der Waals surface area (Å²) in [5.41, 5.74) is 1.68. The summed E-state index contributed by atoms with van der Waals surface area (Å²) in [5, 5.41) is 8.79. The molecular formula is C21H27N3O4. The van der Waals surface area contributed by atoms with Crippen molar-refractivity contribution in [2.45, 2.75) is 63.2 Å². The number of hydrogen-bond donors (Lipinski definition) is 0. The summed E-state index contributed by atoms with van der Waals surface area (Å²) in [6, 6.07) is 1.74. The Hall–Kier alpha value is -1.99. The average Bonchev–Trinajstić information content (AvgIpc) is 3.49. The zero-order chi connectivity index (χ0) is 18.9. The molecule has 0 radical (unpaired) electrons. The summed E-state index contributed by atoms with van der Waals surface area (Å²) in [6.07, 6.45) is 13.1. The molecule has 0 amide bonds. The van der Waals surface area contributed by atoms with E-state index in [9.17, 15) is 4.79 Å². The van der Waals surface area contributed by atoms with Crippen LogP contribution in [0.4, 0.5) is 0 Å². The van der Waals surface area contributed by atoms with Gasteiger partial charge in [-0.15, -0.1) is 5.10 Å². The first-order chi connectivity index (χ1) is 13.8. The predicted molar refractivity (Wildman–Crippen MR) is 100.0 cm³/mol. The Kier molecular flexibility index (Phi) is 5.03. The van der Waals surface area contributed by atoms with Gasteiger partial charge in [-0.05, 0) is 18.4 Å². The van der Waals surface area contributed by atoms with Crippen LogP contribution in [0.25, 0.3) is 0 Å². The van der Waals surface area contributed by atoms with Crippen molar-refractivity contribution in [2.24, 2.45) is 11.8 Å². The van der Waals surface area contributed by atoms with Crippen LogP contribution >= 0.6 is 0 Å². The maximum atomic E-state index is 12.4. The standard InChI is InChI=1S/C21H27N3O4/c25-19(15-6-7-26-11-15)9-16-12-27-21-18(13-28-20(16)21)24-10-17(22-23-24)8-14-4-2-1-3-5-14/h6-7,10-11,14,16,18,20-21H,1-5,8-9,12-13H2/t16-,18-,20+,21+/m0/s1. The van der Waals surface area contributed by atoms with E-state index < -0.39 is 0 Å². The van der Waals surface area contributed by atoms with Crippen LogP contribution in [0.5, 0.6) is 0 Å². The van der Waals surface area contributed by atoms with Crippen molar-refractivity contribution in [3.8, 4) is 0 Å². The van der Waals surface area contributed by atoms with Gasteiger partial charge in [0.2, 0.25) is 0 Å². The summed E-state index contributed by atoms with van der Waals surface area (Å²) in [6.45, 7) is 1.09. The van der Waals surface area contributed by atoms with Gasteiger partial charge in [0.05, 0.1) is 36.8 Å². The van der Waals surface area contributed by atoms with E-state index in [1.807, 2.05) is 4.68 Å². The van der Waals surface area contributed by atoms with Crippen LogP contribution in [0.3, 0.4) is 0 Å². The van der Waals surface area contributed by atoms with Crippen LogP contribution in [0.2, 0.25) is 0 Å². The molecule has 1 aliphatic carbocycles. The molecule has 0 N–H and O–H groups in total. The van der Waals surface area contributed by atoms with E-state index in [1.165, 1.54) is 44.6 Å². The minimum Gasteiger partial charge on any atom is -0.472 e. The van der Waals surface area contributed by atoms with Gasteiger partial charge in [-0.2, -0.15) is 0 Å². The Morgan fingerprint density at radius 1 is 1.14 bits per heavy atom. The fraction of sp³-hybridized carbons (Fsp3) is 0.667. The molecule has 0 spiro atoms. The van der Waals surface area contributed by atoms with Crippen molar-refractivity contribution in [1.82, 2.24) is 15.0 Å². The number of ether oxygens (including phenoxy) is 2. The van der Waals surface area contributed by atoms with Crippen molar-refractivity contribution in [3.63, 3.8) is 0 Å². The van der Waals surface area contributed by atoms with Crippen LogP contribution in [0, 0.1) is 11.8 Å². The van der Waals surface area contributed by atoms with Crippen LogP contribution in [-0.2, 0) is 15.9 Å². The minimum absolute atomic E-state index is 0.0339. The van der Waals surface area contributed by atoms with E-state index in [2.05, 4.69) is 16.5 Å². The van der Waals surface area contributed by atoms with E-state index >= 15 is 0 Å². The van der Waals surface area contributed by atoms with E-state index in [4.69, 9.17) is 13.9 Å². The van der Waals surface area contributed by atoms with E-state index in [-0.39, 0.29) is 30.0 Å². The van der Waals surface area contributed by atoms with Gasteiger partial charge < -0.3 is 13.9 Å². The molecule has 2 aromatic heterocycles. The molecule has 7 heteroatoms. The molecule has 7 nitrogen and oxygen atoms in total. The van der Waals surface area contributed by atoms with Gasteiger partial charge >= 0.3 is 0 Å². The fourth-order valence-corrected chi connectivity index (χ4v) is 5.00. The van der Waals surface area contributed by atoms with E-state index in [1.54, 1.807) is 6.07 Å². The highest BCUT2D eigenvalue weighted by Crippen LogP contribution is 2.39. The molecule has 2 aliphatic heterocycles. The zero-order valence-corrected chi connectivity index (χ0v) is 16.0. The number of fused-ring (bicyclic) bond motifs is 1. The highest BCUT2D eigenvalue weighted by molar-refractivity contribution is 5.95. The lowest BCUT2D eigenvalue weighted by Crippen LogP contribution is -2.29. The van der Waals surface area contributed by atoms with Gasteiger partial charge in [0.15, 0.2) is 5.78 Å². The summed E-state index contributed by atoms with van der Waals surface area (Å²) < 4.78 is 19.0. The molecule has 2 aromatic rings. The third kappa shape index (κ3) is 3.53. The minimum atomic E-state index is -0.0635. The van der Waals surface area contributed by atoms with Gasteiger partial charge in [0, 0.05) is 18.5 Å². The fourth-order valence-electron chi connectivity index (χ4n) is 5.00. The molecule has 5 rings (SSSR count). The number of nitrogens with zero attached hydrogens (tertiary/aromatic N) is 3. The lowest BCUT2D eigenvalue weighted by molar-refractivity contribution is 0.0585. The molecule has 3 aliphatic rings. The van der Waals surface area contributed by atoms with Gasteiger partial charge in [-0.3, -0.25) is 4.79 Å². The molecule has 150 valence electrons. The maximum Gasteiger partial charge on any atom is 0.166 e. The Bertz CT molecular complexity index is 796. The first-order valence-electron chi connectivity index (χ1n) is 10.5. The van der Waals surface area contributed by atoms with Gasteiger partial charge in [0.25, 0.3) is 0 Å². The number of carbonyl (C=O) groups is 1. The summed E-state index contributed by atoms with van der Waals surface area (Å²) in [5.74, 6) is 0.890. The first kappa shape index (κ1) is 18.1. The summed E-state index contributed by atoms with van der Waals surface area (Å²) in [7, 11) is 0. The molecule has 28 heavy (non-hydrogen) atoms. The number of hydrogen-bond acceptors (Lipinski definition) is 6. The van der Waals surface area contributed by atoms with Gasteiger partial charge in [0.1, 0.15) is 18.4 Å². The Morgan fingerprint density at radius 2 is 2.00 bits per heavy atom. The molecule has 1 saturated carbocycles. The number of carbonyl (C=O) groups excluding carboxylic acids is 1. The Morgan fingerprint density at radius 3 is 2.82 bits per heavy atom. The van der Waals surface area contributed by atoms with Gasteiger partial charge in [-0.25, -0.2) is 4.68 Å². The van der Waals surface area contributed by atoms with E-state index in [0.29, 0.717) is 25.2 Å². The SMILES string of the molecule is O=C(C[C@H]1CO[C@H]2[C@@H]1OC[C@@H]2n1cc(CC2CCCCC2)nn1)c1ccoc1. The quantitative estimate of drug-likeness (QED) is 0.711. The second-order valence-corrected chi connectivity index (χ2v) is 8.46. The van der Waals surface area contributed by atoms with Crippen molar-refractivity contribution in [3.05, 3.63) is 36.0 Å².